The summed E-state index contributed by atoms with van der Waals surface area (Å²) in [6.07, 6.45) is 4.10. The van der Waals surface area contributed by atoms with Gasteiger partial charge in [0.25, 0.3) is 0 Å². The first-order chi connectivity index (χ1) is 9.56. The van der Waals surface area contributed by atoms with Gasteiger partial charge in [0.15, 0.2) is 0 Å². The zero-order chi connectivity index (χ0) is 14.3. The lowest BCUT2D eigenvalue weighted by Gasteiger charge is -2.45. The Morgan fingerprint density at radius 1 is 1.40 bits per heavy atom. The van der Waals surface area contributed by atoms with Gasteiger partial charge in [-0.1, -0.05) is 5.16 Å². The highest BCUT2D eigenvalue weighted by Crippen LogP contribution is 2.47. The fourth-order valence-corrected chi connectivity index (χ4v) is 3.11. The van der Waals surface area contributed by atoms with Crippen LogP contribution in [0.25, 0.3) is 0 Å². The molecule has 1 saturated carbocycles. The van der Waals surface area contributed by atoms with Crippen LogP contribution in [-0.2, 0) is 4.84 Å². The van der Waals surface area contributed by atoms with Crippen LogP contribution in [0.15, 0.2) is 11.2 Å². The van der Waals surface area contributed by atoms with Crippen molar-refractivity contribution in [1.82, 2.24) is 0 Å². The Bertz CT molecular complexity index is 574. The molecule has 1 aliphatic carbocycles. The van der Waals surface area contributed by atoms with Crippen LogP contribution in [-0.4, -0.2) is 23.0 Å². The SMILES string of the molecule is CCON=C1CC2(CCC2)Oc2cc(C)c(O)c(C)c21. The molecular weight excluding hydrogens is 254 g/mol. The maximum Gasteiger partial charge on any atom is 0.130 e. The van der Waals surface area contributed by atoms with Gasteiger partial charge in [-0.3, -0.25) is 0 Å². The molecule has 1 aromatic rings. The highest BCUT2D eigenvalue weighted by Gasteiger charge is 2.45. The number of hydrogen-bond donors (Lipinski definition) is 1. The average molecular weight is 275 g/mol. The second-order valence-corrected chi connectivity index (χ2v) is 5.81. The van der Waals surface area contributed by atoms with Crippen molar-refractivity contribution in [2.45, 2.75) is 52.1 Å². The van der Waals surface area contributed by atoms with E-state index in [0.717, 1.165) is 47.4 Å². The highest BCUT2D eigenvalue weighted by molar-refractivity contribution is 6.06. The minimum atomic E-state index is -0.0984. The third-order valence-corrected chi connectivity index (χ3v) is 4.37. The van der Waals surface area contributed by atoms with Crippen LogP contribution in [0, 0.1) is 13.8 Å². The Morgan fingerprint density at radius 2 is 2.15 bits per heavy atom. The third kappa shape index (κ3) is 1.94. The predicted octanol–water partition coefficient (Wildman–Crippen LogP) is 3.45. The van der Waals surface area contributed by atoms with Crippen LogP contribution in [0.4, 0.5) is 0 Å². The van der Waals surface area contributed by atoms with Crippen molar-refractivity contribution in [2.75, 3.05) is 6.61 Å². The van der Waals surface area contributed by atoms with Crippen molar-refractivity contribution in [2.24, 2.45) is 5.16 Å². The van der Waals surface area contributed by atoms with E-state index in [2.05, 4.69) is 5.16 Å². The van der Waals surface area contributed by atoms with E-state index >= 15 is 0 Å². The maximum absolute atomic E-state index is 10.2. The molecule has 1 aliphatic heterocycles. The van der Waals surface area contributed by atoms with E-state index in [-0.39, 0.29) is 5.60 Å². The molecule has 0 saturated heterocycles. The van der Waals surface area contributed by atoms with E-state index in [0.29, 0.717) is 12.4 Å². The van der Waals surface area contributed by atoms with Crippen molar-refractivity contribution in [3.8, 4) is 11.5 Å². The van der Waals surface area contributed by atoms with Gasteiger partial charge < -0.3 is 14.7 Å². The van der Waals surface area contributed by atoms with E-state index in [1.165, 1.54) is 6.42 Å². The molecule has 1 N–H and O–H groups in total. The Morgan fingerprint density at radius 3 is 2.75 bits per heavy atom. The molecule has 1 aromatic carbocycles. The van der Waals surface area contributed by atoms with E-state index in [4.69, 9.17) is 9.57 Å². The van der Waals surface area contributed by atoms with Crippen LogP contribution in [0.2, 0.25) is 0 Å². The van der Waals surface area contributed by atoms with Crippen molar-refractivity contribution < 1.29 is 14.7 Å². The summed E-state index contributed by atoms with van der Waals surface area (Å²) < 4.78 is 6.23. The number of phenols is 1. The first-order valence-electron chi connectivity index (χ1n) is 7.28. The van der Waals surface area contributed by atoms with Crippen LogP contribution < -0.4 is 4.74 Å². The number of nitrogens with zero attached hydrogens (tertiary/aromatic N) is 1. The number of rotatable bonds is 2. The van der Waals surface area contributed by atoms with Crippen LogP contribution >= 0.6 is 0 Å². The van der Waals surface area contributed by atoms with Gasteiger partial charge in [-0.05, 0) is 51.7 Å². The summed E-state index contributed by atoms with van der Waals surface area (Å²) in [4.78, 5) is 5.27. The molecule has 2 aliphatic rings. The Kier molecular flexibility index (Phi) is 3.11. The molecule has 4 nitrogen and oxygen atoms in total. The van der Waals surface area contributed by atoms with Gasteiger partial charge in [-0.2, -0.15) is 0 Å². The molecule has 1 fully saturated rings. The largest absolute Gasteiger partial charge is 0.507 e. The molecule has 0 radical (unpaired) electrons. The molecule has 20 heavy (non-hydrogen) atoms. The van der Waals surface area contributed by atoms with Gasteiger partial charge in [0, 0.05) is 17.5 Å². The summed E-state index contributed by atoms with van der Waals surface area (Å²) in [6, 6.07) is 1.92. The summed E-state index contributed by atoms with van der Waals surface area (Å²) in [5.74, 6) is 1.16. The molecule has 0 atom stereocenters. The molecule has 1 spiro atoms. The lowest BCUT2D eigenvalue weighted by molar-refractivity contribution is -0.00619. The van der Waals surface area contributed by atoms with Gasteiger partial charge in [0.1, 0.15) is 23.7 Å². The zero-order valence-electron chi connectivity index (χ0n) is 12.3. The molecule has 108 valence electrons. The average Bonchev–Trinajstić information content (AvgIpc) is 2.40. The quantitative estimate of drug-likeness (QED) is 0.841. The van der Waals surface area contributed by atoms with Gasteiger partial charge in [-0.15, -0.1) is 0 Å². The van der Waals surface area contributed by atoms with Gasteiger partial charge in [0.2, 0.25) is 0 Å². The summed E-state index contributed by atoms with van der Waals surface area (Å²) >= 11 is 0. The van der Waals surface area contributed by atoms with Gasteiger partial charge in [0.05, 0.1) is 5.71 Å². The Hall–Kier alpha value is -1.71. The lowest BCUT2D eigenvalue weighted by Crippen LogP contribution is -2.48. The van der Waals surface area contributed by atoms with E-state index in [1.54, 1.807) is 0 Å². The summed E-state index contributed by atoms with van der Waals surface area (Å²) in [5.41, 5.74) is 3.37. The van der Waals surface area contributed by atoms with E-state index in [9.17, 15) is 5.11 Å². The van der Waals surface area contributed by atoms with Crippen LogP contribution in [0.5, 0.6) is 11.5 Å². The van der Waals surface area contributed by atoms with E-state index < -0.39 is 0 Å². The molecule has 1 heterocycles. The zero-order valence-corrected chi connectivity index (χ0v) is 12.3. The standard InChI is InChI=1S/C16H21NO3/c1-4-19-17-12-9-16(6-5-7-16)20-13-8-10(2)15(18)11(3)14(12)13/h8,18H,4-7,9H2,1-3H3. The lowest BCUT2D eigenvalue weighted by atomic mass is 9.73. The fourth-order valence-electron chi connectivity index (χ4n) is 3.11. The first kappa shape index (κ1) is 13.3. The van der Waals surface area contributed by atoms with Crippen molar-refractivity contribution in [3.63, 3.8) is 0 Å². The number of aryl methyl sites for hydroxylation is 1. The normalized spacial score (nSPS) is 21.2. The molecular formula is C16H21NO3. The minimum Gasteiger partial charge on any atom is -0.507 e. The summed E-state index contributed by atoms with van der Waals surface area (Å²) in [7, 11) is 0. The second-order valence-electron chi connectivity index (χ2n) is 5.81. The Labute approximate surface area is 119 Å². The van der Waals surface area contributed by atoms with E-state index in [1.807, 2.05) is 26.8 Å². The molecule has 0 bridgehead atoms. The monoisotopic (exact) mass is 275 g/mol. The van der Waals surface area contributed by atoms with Gasteiger partial charge in [-0.25, -0.2) is 0 Å². The van der Waals surface area contributed by atoms with Crippen LogP contribution in [0.3, 0.4) is 0 Å². The summed E-state index contributed by atoms with van der Waals surface area (Å²) in [6.45, 7) is 6.27. The van der Waals surface area contributed by atoms with Gasteiger partial charge >= 0.3 is 0 Å². The second kappa shape index (κ2) is 4.69. The Balaban J connectivity index is 2.12. The number of benzene rings is 1. The molecule has 0 unspecified atom stereocenters. The number of fused-ring (bicyclic) bond motifs is 1. The number of phenolic OH excluding ortho intramolecular Hbond substituents is 1. The smallest absolute Gasteiger partial charge is 0.130 e. The first-order valence-corrected chi connectivity index (χ1v) is 7.28. The molecule has 0 amide bonds. The van der Waals surface area contributed by atoms with Crippen molar-refractivity contribution in [1.29, 1.82) is 0 Å². The van der Waals surface area contributed by atoms with Crippen LogP contribution in [0.1, 0.15) is 49.3 Å². The summed E-state index contributed by atoms with van der Waals surface area (Å²) in [5, 5.41) is 14.4. The number of hydrogen-bond acceptors (Lipinski definition) is 4. The number of ether oxygens (including phenoxy) is 1. The number of aromatic hydroxyl groups is 1. The molecule has 0 aromatic heterocycles. The molecule has 4 heteroatoms. The number of oxime groups is 1. The predicted molar refractivity (Wildman–Crippen MR) is 77.6 cm³/mol. The maximum atomic E-state index is 10.2. The topological polar surface area (TPSA) is 51.0 Å². The third-order valence-electron chi connectivity index (χ3n) is 4.37. The van der Waals surface area contributed by atoms with Crippen molar-refractivity contribution in [3.05, 3.63) is 22.8 Å². The highest BCUT2D eigenvalue weighted by atomic mass is 16.6. The minimum absolute atomic E-state index is 0.0984. The fraction of sp³-hybridized carbons (Fsp3) is 0.562. The molecule has 3 rings (SSSR count). The van der Waals surface area contributed by atoms with Crippen molar-refractivity contribution >= 4 is 5.71 Å².